The molecule has 9 nitrogen and oxygen atoms in total. The molecular formula is C21H24N4O5. The minimum atomic E-state index is -1.41. The quantitative estimate of drug-likeness (QED) is 0.235. The Labute approximate surface area is 174 Å². The summed E-state index contributed by atoms with van der Waals surface area (Å²) in [6, 6.07) is 12.2. The molecule has 1 amide bonds. The van der Waals surface area contributed by atoms with Crippen LogP contribution in [0.3, 0.4) is 0 Å². The number of guanidine groups is 1. The zero-order valence-corrected chi connectivity index (χ0v) is 16.9. The summed E-state index contributed by atoms with van der Waals surface area (Å²) in [5.41, 5.74) is 5.11. The molecule has 2 aromatic rings. The molecule has 0 spiro atoms. The average molecular weight is 412 g/mol. The Morgan fingerprint density at radius 1 is 1.10 bits per heavy atom. The van der Waals surface area contributed by atoms with E-state index < -0.39 is 17.4 Å². The summed E-state index contributed by atoms with van der Waals surface area (Å²) in [5, 5.41) is 19.5. The fraction of sp³-hybridized carbons (Fsp3) is 0.238. The van der Waals surface area contributed by atoms with Gasteiger partial charge in [-0.05, 0) is 48.9 Å². The van der Waals surface area contributed by atoms with Gasteiger partial charge in [0.05, 0.1) is 11.0 Å². The van der Waals surface area contributed by atoms with Crippen LogP contribution in [0.5, 0.6) is 5.75 Å². The first-order valence-electron chi connectivity index (χ1n) is 9.00. The first-order valence-corrected chi connectivity index (χ1v) is 9.00. The number of carboxylic acids is 1. The number of carboxylic acid groups (broad SMARTS) is 1. The number of nitrogens with one attached hydrogen (secondary N) is 2. The van der Waals surface area contributed by atoms with Crippen molar-refractivity contribution >= 4 is 29.5 Å². The molecule has 0 aliphatic heterocycles. The van der Waals surface area contributed by atoms with Crippen LogP contribution in [0.25, 0.3) is 0 Å². The Hall–Kier alpha value is -3.88. The molecule has 158 valence electrons. The summed E-state index contributed by atoms with van der Waals surface area (Å²) >= 11 is 0. The number of carbonyl (C=O) groups is 3. The van der Waals surface area contributed by atoms with Crippen molar-refractivity contribution in [2.24, 2.45) is 5.73 Å². The van der Waals surface area contributed by atoms with Crippen LogP contribution >= 0.6 is 0 Å². The Morgan fingerprint density at radius 3 is 2.13 bits per heavy atom. The molecule has 0 aliphatic carbocycles. The minimum absolute atomic E-state index is 0.199. The van der Waals surface area contributed by atoms with Crippen LogP contribution in [0.2, 0.25) is 0 Å². The van der Waals surface area contributed by atoms with Crippen molar-refractivity contribution in [3.05, 3.63) is 59.7 Å². The van der Waals surface area contributed by atoms with E-state index in [9.17, 15) is 19.5 Å². The SMILES string of the molecule is CN(C)C(=O)CC(C)(C(=O)O)c1ccc(OC(=O)c2ccc(NC(=N)N)cc2)cc1. The van der Waals surface area contributed by atoms with Crippen molar-refractivity contribution in [2.75, 3.05) is 19.4 Å². The highest BCUT2D eigenvalue weighted by Crippen LogP contribution is 2.30. The van der Waals surface area contributed by atoms with Gasteiger partial charge in [-0.3, -0.25) is 15.0 Å². The summed E-state index contributed by atoms with van der Waals surface area (Å²) in [4.78, 5) is 37.5. The highest BCUT2D eigenvalue weighted by Gasteiger charge is 2.38. The van der Waals surface area contributed by atoms with Crippen LogP contribution in [-0.4, -0.2) is 47.9 Å². The maximum atomic E-state index is 12.3. The lowest BCUT2D eigenvalue weighted by atomic mass is 9.79. The maximum Gasteiger partial charge on any atom is 0.343 e. The van der Waals surface area contributed by atoms with Gasteiger partial charge in [0, 0.05) is 26.2 Å². The van der Waals surface area contributed by atoms with Crippen molar-refractivity contribution in [3.8, 4) is 5.75 Å². The van der Waals surface area contributed by atoms with Gasteiger partial charge < -0.3 is 25.8 Å². The lowest BCUT2D eigenvalue weighted by Crippen LogP contribution is -2.38. The van der Waals surface area contributed by atoms with Crippen LogP contribution in [-0.2, 0) is 15.0 Å². The number of carbonyl (C=O) groups excluding carboxylic acids is 2. The van der Waals surface area contributed by atoms with Gasteiger partial charge in [-0.2, -0.15) is 0 Å². The Balaban J connectivity index is 2.14. The second-order valence-corrected chi connectivity index (χ2v) is 7.13. The predicted octanol–water partition coefficient (Wildman–Crippen LogP) is 2.03. The largest absolute Gasteiger partial charge is 0.481 e. The molecule has 5 N–H and O–H groups in total. The number of nitrogens with two attached hydrogens (primary N) is 1. The minimum Gasteiger partial charge on any atom is -0.481 e. The Kier molecular flexibility index (Phi) is 6.78. The van der Waals surface area contributed by atoms with Crippen molar-refractivity contribution in [2.45, 2.75) is 18.8 Å². The summed E-state index contributed by atoms with van der Waals surface area (Å²) in [5.74, 6) is -2.01. The van der Waals surface area contributed by atoms with E-state index in [-0.39, 0.29) is 24.0 Å². The van der Waals surface area contributed by atoms with Crippen molar-refractivity contribution in [1.29, 1.82) is 5.41 Å². The topological polar surface area (TPSA) is 146 Å². The van der Waals surface area contributed by atoms with Gasteiger partial charge >= 0.3 is 11.9 Å². The molecule has 1 atom stereocenters. The molecule has 9 heteroatoms. The Morgan fingerprint density at radius 2 is 1.67 bits per heavy atom. The lowest BCUT2D eigenvalue weighted by molar-refractivity contribution is -0.147. The van der Waals surface area contributed by atoms with Crippen LogP contribution in [0.4, 0.5) is 5.69 Å². The molecule has 0 bridgehead atoms. The zero-order valence-electron chi connectivity index (χ0n) is 16.9. The van der Waals surface area contributed by atoms with Crippen molar-refractivity contribution in [1.82, 2.24) is 4.90 Å². The molecule has 0 radical (unpaired) electrons. The molecule has 0 saturated carbocycles. The first-order chi connectivity index (χ1) is 14.0. The number of amides is 1. The maximum absolute atomic E-state index is 12.3. The highest BCUT2D eigenvalue weighted by atomic mass is 16.5. The molecule has 0 saturated heterocycles. The van der Waals surface area contributed by atoms with E-state index in [4.69, 9.17) is 15.9 Å². The monoisotopic (exact) mass is 412 g/mol. The van der Waals surface area contributed by atoms with E-state index in [1.54, 1.807) is 26.2 Å². The van der Waals surface area contributed by atoms with Crippen molar-refractivity contribution < 1.29 is 24.2 Å². The average Bonchev–Trinajstić information content (AvgIpc) is 2.68. The van der Waals surface area contributed by atoms with E-state index in [1.807, 2.05) is 0 Å². The predicted molar refractivity (Wildman–Crippen MR) is 112 cm³/mol. The number of anilines is 1. The molecule has 2 rings (SSSR count). The molecule has 30 heavy (non-hydrogen) atoms. The number of esters is 1. The molecule has 0 aromatic heterocycles. The van der Waals surface area contributed by atoms with E-state index in [1.165, 1.54) is 48.2 Å². The fourth-order valence-corrected chi connectivity index (χ4v) is 2.66. The smallest absolute Gasteiger partial charge is 0.343 e. The van der Waals surface area contributed by atoms with Crippen molar-refractivity contribution in [3.63, 3.8) is 0 Å². The van der Waals surface area contributed by atoms with E-state index >= 15 is 0 Å². The number of hydrogen-bond acceptors (Lipinski definition) is 5. The highest BCUT2D eigenvalue weighted by molar-refractivity contribution is 5.93. The third-order valence-electron chi connectivity index (χ3n) is 4.58. The molecule has 0 heterocycles. The van der Waals surface area contributed by atoms with Gasteiger partial charge in [0.25, 0.3) is 0 Å². The normalized spacial score (nSPS) is 12.4. The molecule has 2 aromatic carbocycles. The van der Waals surface area contributed by atoms with Crippen LogP contribution in [0.15, 0.2) is 48.5 Å². The van der Waals surface area contributed by atoms with Gasteiger partial charge in [-0.25, -0.2) is 4.79 Å². The second-order valence-electron chi connectivity index (χ2n) is 7.13. The third-order valence-corrected chi connectivity index (χ3v) is 4.58. The second kappa shape index (κ2) is 9.08. The van der Waals surface area contributed by atoms with Gasteiger partial charge in [0.1, 0.15) is 5.75 Å². The van der Waals surface area contributed by atoms with Gasteiger partial charge in [0.2, 0.25) is 5.91 Å². The van der Waals surface area contributed by atoms with E-state index in [0.717, 1.165) is 0 Å². The number of ether oxygens (including phenoxy) is 1. The molecular weight excluding hydrogens is 388 g/mol. The summed E-state index contributed by atoms with van der Waals surface area (Å²) in [6.07, 6.45) is -0.199. The zero-order chi connectivity index (χ0) is 22.5. The van der Waals surface area contributed by atoms with Crippen LogP contribution < -0.4 is 15.8 Å². The number of aliphatic carboxylic acids is 1. The fourth-order valence-electron chi connectivity index (χ4n) is 2.66. The van der Waals surface area contributed by atoms with Gasteiger partial charge in [0.15, 0.2) is 5.96 Å². The number of benzene rings is 2. The number of nitrogens with zero attached hydrogens (tertiary/aromatic N) is 1. The first kappa shape index (κ1) is 22.4. The summed E-state index contributed by atoms with van der Waals surface area (Å²) in [7, 11) is 3.13. The van der Waals surface area contributed by atoms with Crippen LogP contribution in [0, 0.1) is 5.41 Å². The molecule has 0 aliphatic rings. The van der Waals surface area contributed by atoms with Gasteiger partial charge in [-0.1, -0.05) is 12.1 Å². The number of rotatable bonds is 7. The standard InChI is InChI=1S/C21H24N4O5/c1-21(19(28)29,12-17(26)25(2)3)14-6-10-16(11-7-14)30-18(27)13-4-8-15(9-5-13)24-20(22)23/h4-11H,12H2,1-3H3,(H,28,29)(H4,22,23,24). The van der Waals surface area contributed by atoms with Crippen LogP contribution in [0.1, 0.15) is 29.3 Å². The Bertz CT molecular complexity index is 954. The molecule has 1 unspecified atom stereocenters. The summed E-state index contributed by atoms with van der Waals surface area (Å²) in [6.45, 7) is 1.48. The number of hydrogen-bond donors (Lipinski definition) is 4. The van der Waals surface area contributed by atoms with E-state index in [2.05, 4.69) is 5.32 Å². The summed E-state index contributed by atoms with van der Waals surface area (Å²) < 4.78 is 5.32. The molecule has 0 fully saturated rings. The third kappa shape index (κ3) is 5.34. The lowest BCUT2D eigenvalue weighted by Gasteiger charge is -2.26. The van der Waals surface area contributed by atoms with Gasteiger partial charge in [-0.15, -0.1) is 0 Å². The van der Waals surface area contributed by atoms with E-state index in [0.29, 0.717) is 16.8 Å².